The summed E-state index contributed by atoms with van der Waals surface area (Å²) in [5.74, 6) is 1.58. The molecule has 7 heteroatoms. The first-order valence-electron chi connectivity index (χ1n) is 8.17. The van der Waals surface area contributed by atoms with Gasteiger partial charge in [-0.25, -0.2) is 4.98 Å². The third-order valence-electron chi connectivity index (χ3n) is 3.81. The van der Waals surface area contributed by atoms with Crippen LogP contribution in [0.4, 0.5) is 5.95 Å². The maximum atomic E-state index is 12.3. The van der Waals surface area contributed by atoms with Crippen molar-refractivity contribution in [2.24, 2.45) is 0 Å². The molecule has 1 aromatic carbocycles. The Bertz CT molecular complexity index is 881. The lowest BCUT2D eigenvalue weighted by atomic mass is 10.3. The Balaban J connectivity index is 2.08. The summed E-state index contributed by atoms with van der Waals surface area (Å²) in [4.78, 5) is 20.6. The maximum Gasteiger partial charge on any atom is 0.261 e. The van der Waals surface area contributed by atoms with Crippen LogP contribution < -0.4 is 15.0 Å². The van der Waals surface area contributed by atoms with Crippen molar-refractivity contribution in [2.45, 2.75) is 13.3 Å². The molecule has 132 valence electrons. The van der Waals surface area contributed by atoms with E-state index >= 15 is 0 Å². The Morgan fingerprint density at radius 1 is 1.32 bits per heavy atom. The van der Waals surface area contributed by atoms with Crippen molar-refractivity contribution in [3.05, 3.63) is 35.2 Å². The van der Waals surface area contributed by atoms with Gasteiger partial charge in [-0.3, -0.25) is 9.36 Å². The first kappa shape index (κ1) is 17.3. The van der Waals surface area contributed by atoms with Crippen molar-refractivity contribution in [3.8, 4) is 11.4 Å². The second-order valence-electron chi connectivity index (χ2n) is 5.90. The average molecular weight is 358 g/mol. The number of rotatable bonds is 6. The number of methoxy groups -OCH3 is 1. The van der Waals surface area contributed by atoms with Crippen molar-refractivity contribution in [1.82, 2.24) is 14.9 Å². The lowest BCUT2D eigenvalue weighted by Gasteiger charge is -2.15. The molecule has 3 rings (SSSR count). The molecule has 1 N–H and O–H groups in total. The van der Waals surface area contributed by atoms with Crippen molar-refractivity contribution < 1.29 is 9.53 Å². The smallest absolute Gasteiger partial charge is 0.261 e. The van der Waals surface area contributed by atoms with E-state index in [1.807, 2.05) is 56.3 Å². The van der Waals surface area contributed by atoms with Gasteiger partial charge < -0.3 is 15.0 Å². The molecule has 25 heavy (non-hydrogen) atoms. The maximum absolute atomic E-state index is 12.3. The molecule has 0 bridgehead atoms. The summed E-state index contributed by atoms with van der Waals surface area (Å²) in [6, 6.07) is 9.68. The van der Waals surface area contributed by atoms with E-state index < -0.39 is 0 Å². The molecule has 0 saturated carbocycles. The molecule has 0 aliphatic carbocycles. The molecule has 1 amide bonds. The minimum Gasteiger partial charge on any atom is -0.497 e. The summed E-state index contributed by atoms with van der Waals surface area (Å²) >= 11 is 1.46. The highest BCUT2D eigenvalue weighted by molar-refractivity contribution is 7.20. The Morgan fingerprint density at radius 3 is 2.64 bits per heavy atom. The molecule has 0 fully saturated rings. The van der Waals surface area contributed by atoms with Crippen LogP contribution in [0, 0.1) is 0 Å². The van der Waals surface area contributed by atoms with E-state index in [1.54, 1.807) is 7.11 Å². The molecular weight excluding hydrogens is 336 g/mol. The van der Waals surface area contributed by atoms with Crippen LogP contribution in [-0.2, 0) is 0 Å². The van der Waals surface area contributed by atoms with Crippen LogP contribution in [0.3, 0.4) is 0 Å². The Morgan fingerprint density at radius 2 is 2.04 bits per heavy atom. The monoisotopic (exact) mass is 358 g/mol. The number of imidazole rings is 1. The van der Waals surface area contributed by atoms with E-state index in [9.17, 15) is 4.79 Å². The van der Waals surface area contributed by atoms with Crippen LogP contribution in [-0.4, -0.2) is 43.2 Å². The summed E-state index contributed by atoms with van der Waals surface area (Å²) in [5.41, 5.74) is 1.81. The van der Waals surface area contributed by atoms with Gasteiger partial charge in [0, 0.05) is 20.6 Å². The number of carbonyl (C=O) groups excluding carboxylic acids is 1. The Labute approximate surface area is 151 Å². The number of amides is 1. The van der Waals surface area contributed by atoms with E-state index in [2.05, 4.69) is 9.88 Å². The summed E-state index contributed by atoms with van der Waals surface area (Å²) in [5, 5.41) is 2.92. The van der Waals surface area contributed by atoms with Crippen LogP contribution >= 0.6 is 11.3 Å². The van der Waals surface area contributed by atoms with Crippen molar-refractivity contribution >= 4 is 33.5 Å². The van der Waals surface area contributed by atoms with Gasteiger partial charge in [0.1, 0.15) is 16.1 Å². The zero-order chi connectivity index (χ0) is 18.0. The van der Waals surface area contributed by atoms with Crippen LogP contribution in [0.25, 0.3) is 16.0 Å². The molecule has 3 aromatic rings. The number of ether oxygens (including phenoxy) is 1. The highest BCUT2D eigenvalue weighted by atomic mass is 32.1. The number of nitrogens with zero attached hydrogens (tertiary/aromatic N) is 3. The molecular formula is C18H22N4O2S. The molecule has 6 nitrogen and oxygen atoms in total. The molecule has 0 unspecified atom stereocenters. The Kier molecular flexibility index (Phi) is 4.94. The number of thiophene rings is 1. The average Bonchev–Trinajstić information content (AvgIpc) is 3.17. The first-order valence-corrected chi connectivity index (χ1v) is 8.99. The van der Waals surface area contributed by atoms with E-state index in [0.29, 0.717) is 11.4 Å². The summed E-state index contributed by atoms with van der Waals surface area (Å²) in [7, 11) is 5.57. The second-order valence-corrected chi connectivity index (χ2v) is 6.93. The van der Waals surface area contributed by atoms with Crippen molar-refractivity contribution in [3.63, 3.8) is 0 Å². The fraction of sp³-hybridized carbons (Fsp3) is 0.333. The third-order valence-corrected chi connectivity index (χ3v) is 4.92. The van der Waals surface area contributed by atoms with Crippen LogP contribution in [0.5, 0.6) is 5.75 Å². The highest BCUT2D eigenvalue weighted by Gasteiger charge is 2.19. The number of fused-ring (bicyclic) bond motifs is 1. The number of hydrogen-bond donors (Lipinski definition) is 1. The van der Waals surface area contributed by atoms with Crippen molar-refractivity contribution in [1.29, 1.82) is 0 Å². The highest BCUT2D eigenvalue weighted by Crippen LogP contribution is 2.33. The summed E-state index contributed by atoms with van der Waals surface area (Å²) in [6.07, 6.45) is 0.914. The molecule has 0 aliphatic heterocycles. The van der Waals surface area contributed by atoms with E-state index in [1.165, 1.54) is 11.3 Å². The molecule has 2 aromatic heterocycles. The van der Waals surface area contributed by atoms with Gasteiger partial charge in [-0.2, -0.15) is 0 Å². The lowest BCUT2D eigenvalue weighted by Crippen LogP contribution is -2.22. The van der Waals surface area contributed by atoms with E-state index in [-0.39, 0.29) is 5.91 Å². The molecule has 2 heterocycles. The van der Waals surface area contributed by atoms with Crippen LogP contribution in [0.1, 0.15) is 23.0 Å². The number of carbonyl (C=O) groups is 1. The van der Waals surface area contributed by atoms with E-state index in [4.69, 9.17) is 9.72 Å². The summed E-state index contributed by atoms with van der Waals surface area (Å²) in [6.45, 7) is 2.71. The van der Waals surface area contributed by atoms with Gasteiger partial charge in [-0.1, -0.05) is 6.92 Å². The molecule has 0 saturated heterocycles. The fourth-order valence-electron chi connectivity index (χ4n) is 2.56. The SMILES string of the molecule is CCCNC(=O)c1cc2nc(N(C)C)n(-c3ccc(OC)cc3)c2s1. The van der Waals surface area contributed by atoms with Gasteiger partial charge in [0.25, 0.3) is 5.91 Å². The zero-order valence-corrected chi connectivity index (χ0v) is 15.7. The minimum atomic E-state index is -0.0440. The van der Waals surface area contributed by atoms with Gasteiger partial charge in [0.15, 0.2) is 0 Å². The van der Waals surface area contributed by atoms with Gasteiger partial charge in [0.05, 0.1) is 17.7 Å². The van der Waals surface area contributed by atoms with Gasteiger partial charge in [-0.15, -0.1) is 11.3 Å². The zero-order valence-electron chi connectivity index (χ0n) is 14.9. The summed E-state index contributed by atoms with van der Waals surface area (Å²) < 4.78 is 7.30. The molecule has 0 radical (unpaired) electrons. The second kappa shape index (κ2) is 7.14. The first-order chi connectivity index (χ1) is 12.0. The van der Waals surface area contributed by atoms with Crippen LogP contribution in [0.15, 0.2) is 30.3 Å². The number of hydrogen-bond acceptors (Lipinski definition) is 5. The number of nitrogens with one attached hydrogen (secondary N) is 1. The molecule has 0 atom stereocenters. The molecule has 0 spiro atoms. The van der Waals surface area contributed by atoms with Gasteiger partial charge >= 0.3 is 0 Å². The van der Waals surface area contributed by atoms with Gasteiger partial charge in [-0.05, 0) is 36.8 Å². The fourth-order valence-corrected chi connectivity index (χ4v) is 3.59. The lowest BCUT2D eigenvalue weighted by molar-refractivity contribution is 0.0958. The number of anilines is 1. The standard InChI is InChI=1S/C18H22N4O2S/c1-5-10-19-16(23)15-11-14-17(25-15)22(18(20-14)21(2)3)12-6-8-13(24-4)9-7-12/h6-9,11H,5,10H2,1-4H3,(H,19,23). The van der Waals surface area contributed by atoms with Gasteiger partial charge in [0.2, 0.25) is 5.95 Å². The topological polar surface area (TPSA) is 59.4 Å². The molecule has 0 aliphatic rings. The quantitative estimate of drug-likeness (QED) is 0.734. The van der Waals surface area contributed by atoms with Crippen LogP contribution in [0.2, 0.25) is 0 Å². The van der Waals surface area contributed by atoms with Crippen molar-refractivity contribution in [2.75, 3.05) is 32.6 Å². The minimum absolute atomic E-state index is 0.0440. The predicted molar refractivity (Wildman–Crippen MR) is 102 cm³/mol. The third kappa shape index (κ3) is 3.32. The van der Waals surface area contributed by atoms with E-state index in [0.717, 1.165) is 34.2 Å². The number of benzene rings is 1. The normalized spacial score (nSPS) is 10.9. The Hall–Kier alpha value is -2.54. The number of aromatic nitrogens is 2. The predicted octanol–water partition coefficient (Wildman–Crippen LogP) is 3.30. The largest absolute Gasteiger partial charge is 0.497 e.